The molecule has 4 saturated carbocycles. The molecule has 5 heteroatoms. The average Bonchev–Trinajstić information content (AvgIpc) is 2.84. The molecule has 1 heterocycles. The molecule has 108 valence electrons. The second-order valence-corrected chi connectivity index (χ2v) is 7.17. The van der Waals surface area contributed by atoms with Gasteiger partial charge in [0.1, 0.15) is 6.33 Å². The van der Waals surface area contributed by atoms with Crippen LogP contribution in [0.5, 0.6) is 0 Å². The Morgan fingerprint density at radius 1 is 1.25 bits per heavy atom. The van der Waals surface area contributed by atoms with Crippen molar-refractivity contribution in [3.05, 3.63) is 12.2 Å². The Morgan fingerprint density at radius 3 is 2.40 bits per heavy atom. The molecule has 1 aromatic rings. The number of aliphatic carboxylic acids is 1. The molecule has 0 radical (unpaired) electrons. The largest absolute Gasteiger partial charge is 0.481 e. The SMILES string of the molecule is O=C(O)CCn1cnc(C23CC4CC(CC(C4)C2)C3)n1. The Kier molecular flexibility index (Phi) is 2.66. The molecule has 0 spiro atoms. The topological polar surface area (TPSA) is 68.0 Å². The van der Waals surface area contributed by atoms with E-state index in [2.05, 4.69) is 10.1 Å². The number of rotatable bonds is 4. The first-order valence-electron chi connectivity index (χ1n) is 7.75. The van der Waals surface area contributed by atoms with E-state index in [1.807, 2.05) is 0 Å². The number of carboxylic acids is 1. The molecule has 4 aliphatic carbocycles. The maximum atomic E-state index is 10.6. The van der Waals surface area contributed by atoms with Crippen molar-refractivity contribution in [1.82, 2.24) is 14.8 Å². The van der Waals surface area contributed by atoms with Gasteiger partial charge < -0.3 is 5.11 Å². The van der Waals surface area contributed by atoms with Gasteiger partial charge in [-0.1, -0.05) is 0 Å². The summed E-state index contributed by atoms with van der Waals surface area (Å²) in [5.74, 6) is 2.85. The van der Waals surface area contributed by atoms with Gasteiger partial charge >= 0.3 is 5.97 Å². The van der Waals surface area contributed by atoms with Crippen LogP contribution in [0, 0.1) is 17.8 Å². The summed E-state index contributed by atoms with van der Waals surface area (Å²) in [6.07, 6.45) is 9.84. The summed E-state index contributed by atoms with van der Waals surface area (Å²) in [5.41, 5.74) is 0.212. The molecule has 0 amide bonds. The maximum Gasteiger partial charge on any atom is 0.305 e. The normalized spacial score (nSPS) is 38.3. The van der Waals surface area contributed by atoms with Gasteiger partial charge in [-0.15, -0.1) is 0 Å². The van der Waals surface area contributed by atoms with Crippen molar-refractivity contribution in [3.8, 4) is 0 Å². The highest BCUT2D eigenvalue weighted by Gasteiger charge is 2.53. The molecule has 4 aliphatic rings. The molecular weight excluding hydrogens is 254 g/mol. The molecule has 4 bridgehead atoms. The van der Waals surface area contributed by atoms with Crippen LogP contribution in [0.1, 0.15) is 50.8 Å². The van der Waals surface area contributed by atoms with Gasteiger partial charge in [-0.05, 0) is 56.3 Å². The van der Waals surface area contributed by atoms with Crippen LogP contribution in [0.2, 0.25) is 0 Å². The van der Waals surface area contributed by atoms with Crippen LogP contribution in [0.4, 0.5) is 0 Å². The Morgan fingerprint density at radius 2 is 1.85 bits per heavy atom. The van der Waals surface area contributed by atoms with Crippen molar-refractivity contribution >= 4 is 5.97 Å². The van der Waals surface area contributed by atoms with Crippen LogP contribution in [0.25, 0.3) is 0 Å². The van der Waals surface area contributed by atoms with E-state index in [0.717, 1.165) is 23.6 Å². The van der Waals surface area contributed by atoms with Gasteiger partial charge in [0.25, 0.3) is 0 Å². The molecule has 4 fully saturated rings. The second kappa shape index (κ2) is 4.30. The van der Waals surface area contributed by atoms with Crippen LogP contribution in [-0.4, -0.2) is 25.8 Å². The number of hydrogen-bond acceptors (Lipinski definition) is 3. The Labute approximate surface area is 118 Å². The third kappa shape index (κ3) is 1.95. The fourth-order valence-electron chi connectivity index (χ4n) is 5.24. The molecule has 1 N–H and O–H groups in total. The van der Waals surface area contributed by atoms with Crippen molar-refractivity contribution in [2.24, 2.45) is 17.8 Å². The van der Waals surface area contributed by atoms with E-state index in [4.69, 9.17) is 5.11 Å². The summed E-state index contributed by atoms with van der Waals surface area (Å²) in [6.45, 7) is 0.425. The molecule has 0 unspecified atom stereocenters. The smallest absolute Gasteiger partial charge is 0.305 e. The zero-order valence-electron chi connectivity index (χ0n) is 11.7. The highest BCUT2D eigenvalue weighted by Crippen LogP contribution is 2.60. The zero-order valence-corrected chi connectivity index (χ0v) is 11.7. The van der Waals surface area contributed by atoms with E-state index in [0.29, 0.717) is 6.54 Å². The van der Waals surface area contributed by atoms with E-state index in [1.54, 1.807) is 11.0 Å². The lowest BCUT2D eigenvalue weighted by molar-refractivity contribution is -0.137. The van der Waals surface area contributed by atoms with Crippen molar-refractivity contribution in [1.29, 1.82) is 0 Å². The third-order valence-corrected chi connectivity index (χ3v) is 5.60. The van der Waals surface area contributed by atoms with Crippen LogP contribution >= 0.6 is 0 Å². The first kappa shape index (κ1) is 12.4. The lowest BCUT2D eigenvalue weighted by Crippen LogP contribution is -2.49. The number of nitrogens with zero attached hydrogens (tertiary/aromatic N) is 3. The van der Waals surface area contributed by atoms with Gasteiger partial charge in [-0.2, -0.15) is 5.10 Å². The van der Waals surface area contributed by atoms with Gasteiger partial charge in [-0.25, -0.2) is 4.98 Å². The van der Waals surface area contributed by atoms with Gasteiger partial charge in [-0.3, -0.25) is 9.48 Å². The summed E-state index contributed by atoms with van der Waals surface area (Å²) < 4.78 is 1.71. The van der Waals surface area contributed by atoms with E-state index >= 15 is 0 Å². The fraction of sp³-hybridized carbons (Fsp3) is 0.800. The quantitative estimate of drug-likeness (QED) is 0.915. The predicted octanol–water partition coefficient (Wildman–Crippen LogP) is 2.22. The molecule has 20 heavy (non-hydrogen) atoms. The first-order chi connectivity index (χ1) is 9.63. The van der Waals surface area contributed by atoms with E-state index in [-0.39, 0.29) is 11.8 Å². The number of aryl methyl sites for hydroxylation is 1. The fourth-order valence-corrected chi connectivity index (χ4v) is 5.24. The molecular formula is C15H21N3O2. The van der Waals surface area contributed by atoms with Gasteiger partial charge in [0.05, 0.1) is 13.0 Å². The van der Waals surface area contributed by atoms with Crippen LogP contribution in [0.3, 0.4) is 0 Å². The molecule has 0 atom stereocenters. The third-order valence-electron chi connectivity index (χ3n) is 5.60. The van der Waals surface area contributed by atoms with Crippen LogP contribution in [-0.2, 0) is 16.8 Å². The minimum absolute atomic E-state index is 0.115. The maximum absolute atomic E-state index is 10.6. The minimum Gasteiger partial charge on any atom is -0.481 e. The van der Waals surface area contributed by atoms with Gasteiger partial charge in [0, 0.05) is 5.41 Å². The summed E-state index contributed by atoms with van der Waals surface area (Å²) in [4.78, 5) is 15.2. The lowest BCUT2D eigenvalue weighted by Gasteiger charge is -2.55. The Balaban J connectivity index is 1.56. The molecule has 5 rings (SSSR count). The highest BCUT2D eigenvalue weighted by molar-refractivity contribution is 5.66. The number of hydrogen-bond donors (Lipinski definition) is 1. The molecule has 0 aromatic carbocycles. The van der Waals surface area contributed by atoms with Crippen molar-refractivity contribution in [2.75, 3.05) is 0 Å². The minimum atomic E-state index is -0.781. The van der Waals surface area contributed by atoms with Gasteiger partial charge in [0.2, 0.25) is 0 Å². The predicted molar refractivity (Wildman–Crippen MR) is 72.1 cm³/mol. The van der Waals surface area contributed by atoms with Crippen LogP contribution in [0.15, 0.2) is 6.33 Å². The van der Waals surface area contributed by atoms with Crippen molar-refractivity contribution < 1.29 is 9.90 Å². The standard InChI is InChI=1S/C15H21N3O2/c19-13(20)1-2-18-9-16-14(17-18)15-6-10-3-11(7-15)5-12(4-10)8-15/h9-12H,1-8H2,(H,19,20). The lowest BCUT2D eigenvalue weighted by atomic mass is 9.49. The van der Waals surface area contributed by atoms with Crippen molar-refractivity contribution in [2.45, 2.75) is 56.9 Å². The van der Waals surface area contributed by atoms with Crippen molar-refractivity contribution in [3.63, 3.8) is 0 Å². The van der Waals surface area contributed by atoms with E-state index < -0.39 is 5.97 Å². The summed E-state index contributed by atoms with van der Waals surface area (Å²) in [7, 11) is 0. The number of aromatic nitrogens is 3. The first-order valence-corrected chi connectivity index (χ1v) is 7.75. The van der Waals surface area contributed by atoms with E-state index in [1.165, 1.54) is 38.5 Å². The molecule has 5 nitrogen and oxygen atoms in total. The van der Waals surface area contributed by atoms with E-state index in [9.17, 15) is 4.79 Å². The Bertz CT molecular complexity index is 502. The number of carbonyl (C=O) groups is 1. The van der Waals surface area contributed by atoms with Crippen LogP contribution < -0.4 is 0 Å². The highest BCUT2D eigenvalue weighted by atomic mass is 16.4. The summed E-state index contributed by atoms with van der Waals surface area (Å²) in [6, 6.07) is 0. The second-order valence-electron chi connectivity index (χ2n) is 7.17. The van der Waals surface area contributed by atoms with Gasteiger partial charge in [0.15, 0.2) is 5.82 Å². The summed E-state index contributed by atoms with van der Waals surface area (Å²) in [5, 5.41) is 13.4. The molecule has 0 aliphatic heterocycles. The molecule has 1 aromatic heterocycles. The average molecular weight is 275 g/mol. The molecule has 0 saturated heterocycles. The zero-order chi connectivity index (χ0) is 13.7. The summed E-state index contributed by atoms with van der Waals surface area (Å²) >= 11 is 0. The number of carboxylic acid groups (broad SMARTS) is 1. The Hall–Kier alpha value is -1.39. The monoisotopic (exact) mass is 275 g/mol.